The smallest absolute Gasteiger partial charge is 0.295 e. The zero-order valence-electron chi connectivity index (χ0n) is 16.6. The maximum Gasteiger partial charge on any atom is 0.295 e. The first kappa shape index (κ1) is 19.7. The maximum atomic E-state index is 13.9. The van der Waals surface area contributed by atoms with E-state index in [4.69, 9.17) is 11.6 Å². The number of fused-ring (bicyclic) bond motifs is 1. The number of aromatic nitrogens is 4. The predicted octanol–water partition coefficient (Wildman–Crippen LogP) is 3.22. The Hall–Kier alpha value is -3.23. The number of rotatable bonds is 4. The molecule has 2 aromatic carbocycles. The summed E-state index contributed by atoms with van der Waals surface area (Å²) in [6, 6.07) is 14.3. The Morgan fingerprint density at radius 3 is 2.55 bits per heavy atom. The number of hydrogen-bond acceptors (Lipinski definition) is 5. The molecule has 4 aromatic rings. The number of aromatic amines is 1. The van der Waals surface area contributed by atoms with Gasteiger partial charge >= 0.3 is 0 Å². The molecule has 3 heterocycles. The van der Waals surface area contributed by atoms with E-state index in [1.165, 1.54) is 10.7 Å². The fourth-order valence-corrected chi connectivity index (χ4v) is 4.10. The maximum absolute atomic E-state index is 13.9. The Balaban J connectivity index is 1.33. The number of benzene rings is 2. The van der Waals surface area contributed by atoms with Gasteiger partial charge in [-0.1, -0.05) is 41.9 Å². The van der Waals surface area contributed by atoms with Crippen LogP contribution in [0.5, 0.6) is 0 Å². The molecule has 0 spiro atoms. The molecule has 0 atom stereocenters. The van der Waals surface area contributed by atoms with Gasteiger partial charge in [0.05, 0.1) is 22.9 Å². The van der Waals surface area contributed by atoms with Crippen molar-refractivity contribution in [1.82, 2.24) is 24.6 Å². The lowest BCUT2D eigenvalue weighted by Crippen LogP contribution is -2.46. The first-order valence-electron chi connectivity index (χ1n) is 10.0. The van der Waals surface area contributed by atoms with Crippen molar-refractivity contribution in [2.75, 3.05) is 31.1 Å². The Bertz CT molecular complexity index is 1260. The molecule has 9 heteroatoms. The van der Waals surface area contributed by atoms with Gasteiger partial charge in [0.25, 0.3) is 5.56 Å². The van der Waals surface area contributed by atoms with Crippen LogP contribution in [0.1, 0.15) is 5.56 Å². The molecule has 1 aliphatic rings. The van der Waals surface area contributed by atoms with Crippen molar-refractivity contribution in [2.24, 2.45) is 0 Å². The third kappa shape index (κ3) is 3.80. The van der Waals surface area contributed by atoms with Crippen molar-refractivity contribution >= 4 is 28.3 Å². The summed E-state index contributed by atoms with van der Waals surface area (Å²) in [6.07, 6.45) is 1.60. The summed E-state index contributed by atoms with van der Waals surface area (Å²) < 4.78 is 15.1. The Morgan fingerprint density at radius 2 is 1.77 bits per heavy atom. The zero-order valence-corrected chi connectivity index (χ0v) is 17.4. The van der Waals surface area contributed by atoms with Gasteiger partial charge in [0.1, 0.15) is 10.8 Å². The molecule has 31 heavy (non-hydrogen) atoms. The van der Waals surface area contributed by atoms with Crippen molar-refractivity contribution in [3.8, 4) is 5.95 Å². The molecule has 7 nitrogen and oxygen atoms in total. The summed E-state index contributed by atoms with van der Waals surface area (Å²) >= 11 is 6.45. The van der Waals surface area contributed by atoms with Crippen molar-refractivity contribution < 1.29 is 4.39 Å². The van der Waals surface area contributed by atoms with Gasteiger partial charge in [0, 0.05) is 38.3 Å². The molecule has 0 aliphatic carbocycles. The normalized spacial score (nSPS) is 15.0. The standard InChI is InChI=1S/C22H20ClFN6O/c23-20-19(29-11-9-28(10-12-29)14-15-5-1-2-6-16(15)24)13-25-30(21(20)31)22-26-17-7-3-4-8-18(17)27-22/h1-8,13H,9-12,14H2,(H,26,27). The predicted molar refractivity (Wildman–Crippen MR) is 118 cm³/mol. The van der Waals surface area contributed by atoms with Crippen LogP contribution in [-0.4, -0.2) is 50.8 Å². The van der Waals surface area contributed by atoms with E-state index < -0.39 is 5.56 Å². The number of imidazole rings is 1. The second-order valence-corrected chi connectivity index (χ2v) is 7.87. The summed E-state index contributed by atoms with van der Waals surface area (Å²) in [5, 5.41) is 4.41. The lowest BCUT2D eigenvalue weighted by atomic mass is 10.2. The van der Waals surface area contributed by atoms with Crippen LogP contribution in [-0.2, 0) is 6.54 Å². The molecule has 0 bridgehead atoms. The van der Waals surface area contributed by atoms with Crippen LogP contribution >= 0.6 is 11.6 Å². The summed E-state index contributed by atoms with van der Waals surface area (Å²) in [5.41, 5.74) is 2.43. The second-order valence-electron chi connectivity index (χ2n) is 7.49. The molecule has 0 saturated carbocycles. The van der Waals surface area contributed by atoms with Crippen molar-refractivity contribution in [3.63, 3.8) is 0 Å². The van der Waals surface area contributed by atoms with Gasteiger partial charge in [0.2, 0.25) is 5.95 Å². The lowest BCUT2D eigenvalue weighted by Gasteiger charge is -2.36. The highest BCUT2D eigenvalue weighted by atomic mass is 35.5. The van der Waals surface area contributed by atoms with E-state index in [1.807, 2.05) is 35.2 Å². The molecular formula is C22H20ClFN6O. The number of nitrogens with zero attached hydrogens (tertiary/aromatic N) is 5. The van der Waals surface area contributed by atoms with E-state index >= 15 is 0 Å². The first-order valence-corrected chi connectivity index (χ1v) is 10.4. The minimum Gasteiger partial charge on any atom is -0.366 e. The van der Waals surface area contributed by atoms with Crippen LogP contribution in [0.15, 0.2) is 59.5 Å². The van der Waals surface area contributed by atoms with E-state index in [2.05, 4.69) is 20.0 Å². The lowest BCUT2D eigenvalue weighted by molar-refractivity contribution is 0.246. The summed E-state index contributed by atoms with van der Waals surface area (Å²) in [4.78, 5) is 24.6. The minimum atomic E-state index is -0.424. The number of anilines is 1. The molecule has 1 fully saturated rings. The van der Waals surface area contributed by atoms with Gasteiger partial charge in [-0.15, -0.1) is 0 Å². The van der Waals surface area contributed by atoms with E-state index in [1.54, 1.807) is 18.3 Å². The SMILES string of the molecule is O=c1c(Cl)c(N2CCN(Cc3ccccc3F)CC2)cnn1-c1nc2ccccc2[nH]1. The highest BCUT2D eigenvalue weighted by Crippen LogP contribution is 2.24. The van der Waals surface area contributed by atoms with Crippen LogP contribution in [0.3, 0.4) is 0 Å². The zero-order chi connectivity index (χ0) is 21.4. The van der Waals surface area contributed by atoms with Crippen LogP contribution in [0.2, 0.25) is 5.02 Å². The average molecular weight is 439 g/mol. The summed E-state index contributed by atoms with van der Waals surface area (Å²) in [5.74, 6) is 0.140. The fraction of sp³-hybridized carbons (Fsp3) is 0.227. The molecule has 5 rings (SSSR count). The first-order chi connectivity index (χ1) is 15.1. The highest BCUT2D eigenvalue weighted by molar-refractivity contribution is 6.33. The monoisotopic (exact) mass is 438 g/mol. The second kappa shape index (κ2) is 8.13. The Kier molecular flexibility index (Phi) is 5.17. The largest absolute Gasteiger partial charge is 0.366 e. The molecule has 0 radical (unpaired) electrons. The number of halogens is 2. The molecular weight excluding hydrogens is 419 g/mol. The van der Waals surface area contributed by atoms with Crippen molar-refractivity contribution in [2.45, 2.75) is 6.54 Å². The number of piperazine rings is 1. The van der Waals surface area contributed by atoms with Gasteiger partial charge < -0.3 is 9.88 Å². The number of nitrogens with one attached hydrogen (secondary N) is 1. The minimum absolute atomic E-state index is 0.109. The van der Waals surface area contributed by atoms with E-state index in [-0.39, 0.29) is 10.8 Å². The van der Waals surface area contributed by atoms with E-state index in [9.17, 15) is 9.18 Å². The molecule has 0 amide bonds. The summed E-state index contributed by atoms with van der Waals surface area (Å²) in [6.45, 7) is 3.36. The van der Waals surface area contributed by atoms with Crippen LogP contribution in [0.4, 0.5) is 10.1 Å². The molecule has 1 saturated heterocycles. The molecule has 1 N–H and O–H groups in total. The van der Waals surface area contributed by atoms with Gasteiger partial charge in [-0.05, 0) is 18.2 Å². The molecule has 2 aromatic heterocycles. The Labute approximate surface area is 182 Å². The summed E-state index contributed by atoms with van der Waals surface area (Å²) in [7, 11) is 0. The molecule has 0 unspecified atom stereocenters. The van der Waals surface area contributed by atoms with Gasteiger partial charge in [-0.2, -0.15) is 9.78 Å². The van der Waals surface area contributed by atoms with E-state index in [0.717, 1.165) is 24.1 Å². The number of H-pyrrole nitrogens is 1. The number of hydrogen-bond donors (Lipinski definition) is 1. The topological polar surface area (TPSA) is 70.1 Å². The van der Waals surface area contributed by atoms with Gasteiger partial charge in [0.15, 0.2) is 0 Å². The third-order valence-corrected chi connectivity index (χ3v) is 5.90. The van der Waals surface area contributed by atoms with Crippen molar-refractivity contribution in [1.29, 1.82) is 0 Å². The quantitative estimate of drug-likeness (QED) is 0.529. The highest BCUT2D eigenvalue weighted by Gasteiger charge is 2.22. The van der Waals surface area contributed by atoms with Crippen LogP contribution < -0.4 is 10.5 Å². The third-order valence-electron chi connectivity index (χ3n) is 5.54. The molecule has 1 aliphatic heterocycles. The van der Waals surface area contributed by atoms with Crippen LogP contribution in [0.25, 0.3) is 17.0 Å². The number of para-hydroxylation sites is 2. The average Bonchev–Trinajstić information content (AvgIpc) is 3.22. The molecule has 158 valence electrons. The Morgan fingerprint density at radius 1 is 1.03 bits per heavy atom. The van der Waals surface area contributed by atoms with Gasteiger partial charge in [-0.25, -0.2) is 9.37 Å². The van der Waals surface area contributed by atoms with E-state index in [0.29, 0.717) is 36.8 Å². The van der Waals surface area contributed by atoms with Crippen LogP contribution in [0, 0.1) is 5.82 Å². The van der Waals surface area contributed by atoms with Crippen molar-refractivity contribution in [3.05, 3.63) is 81.5 Å². The fourth-order valence-electron chi connectivity index (χ4n) is 3.85. The van der Waals surface area contributed by atoms with Gasteiger partial charge in [-0.3, -0.25) is 9.69 Å².